The molecule has 3 aromatic rings. The zero-order chi connectivity index (χ0) is 14.2. The third-order valence-electron chi connectivity index (χ3n) is 4.04. The van der Waals surface area contributed by atoms with E-state index in [1.807, 2.05) is 0 Å². The summed E-state index contributed by atoms with van der Waals surface area (Å²) < 4.78 is 3.88. The van der Waals surface area contributed by atoms with Gasteiger partial charge in [0.25, 0.3) is 0 Å². The van der Waals surface area contributed by atoms with Gasteiger partial charge in [-0.2, -0.15) is 0 Å². The van der Waals surface area contributed by atoms with Crippen LogP contribution in [-0.2, 0) is 6.42 Å². The second-order valence-corrected chi connectivity index (χ2v) is 6.18. The molecule has 0 saturated carbocycles. The van der Waals surface area contributed by atoms with Crippen molar-refractivity contribution in [3.8, 4) is 11.1 Å². The Hall–Kier alpha value is -2.20. The SMILES string of the molecule is CC(Nc1cnns1)c1ccc2c(c1)Cc1ccccc1-2. The molecule has 0 spiro atoms. The highest BCUT2D eigenvalue weighted by molar-refractivity contribution is 7.09. The number of anilines is 1. The van der Waals surface area contributed by atoms with Gasteiger partial charge in [0, 0.05) is 17.6 Å². The van der Waals surface area contributed by atoms with Gasteiger partial charge in [-0.15, -0.1) is 5.10 Å². The van der Waals surface area contributed by atoms with E-state index in [0.717, 1.165) is 11.4 Å². The molecular formula is C17H15N3S. The summed E-state index contributed by atoms with van der Waals surface area (Å²) in [7, 11) is 0. The number of nitrogens with zero attached hydrogens (tertiary/aromatic N) is 2. The first-order chi connectivity index (χ1) is 10.3. The average Bonchev–Trinajstić information content (AvgIpc) is 3.13. The first-order valence-electron chi connectivity index (χ1n) is 7.06. The molecule has 1 aromatic heterocycles. The van der Waals surface area contributed by atoms with E-state index < -0.39 is 0 Å². The van der Waals surface area contributed by atoms with E-state index in [4.69, 9.17) is 0 Å². The van der Waals surface area contributed by atoms with Gasteiger partial charge < -0.3 is 5.32 Å². The van der Waals surface area contributed by atoms with Crippen LogP contribution in [0.3, 0.4) is 0 Å². The van der Waals surface area contributed by atoms with Crippen LogP contribution in [0.15, 0.2) is 48.7 Å². The molecular weight excluding hydrogens is 278 g/mol. The third-order valence-corrected chi connectivity index (χ3v) is 4.63. The molecule has 1 unspecified atom stereocenters. The molecule has 1 N–H and O–H groups in total. The molecule has 0 bridgehead atoms. The van der Waals surface area contributed by atoms with Gasteiger partial charge in [0.15, 0.2) is 0 Å². The highest BCUT2D eigenvalue weighted by atomic mass is 32.1. The molecule has 1 heterocycles. The Kier molecular flexibility index (Phi) is 2.97. The van der Waals surface area contributed by atoms with E-state index in [1.54, 1.807) is 6.20 Å². The predicted octanol–water partition coefficient (Wildman–Crippen LogP) is 4.28. The van der Waals surface area contributed by atoms with Crippen molar-refractivity contribution in [1.29, 1.82) is 0 Å². The maximum absolute atomic E-state index is 3.88. The molecule has 21 heavy (non-hydrogen) atoms. The van der Waals surface area contributed by atoms with E-state index in [2.05, 4.69) is 64.3 Å². The summed E-state index contributed by atoms with van der Waals surface area (Å²) in [6, 6.07) is 15.7. The second kappa shape index (κ2) is 4.97. The number of hydrogen-bond donors (Lipinski definition) is 1. The van der Waals surface area contributed by atoms with Crippen LogP contribution in [0, 0.1) is 0 Å². The average molecular weight is 293 g/mol. The summed E-state index contributed by atoms with van der Waals surface area (Å²) in [5, 5.41) is 8.31. The number of hydrogen-bond acceptors (Lipinski definition) is 4. The Labute approximate surface area is 127 Å². The van der Waals surface area contributed by atoms with Crippen molar-refractivity contribution in [1.82, 2.24) is 9.59 Å². The molecule has 4 heteroatoms. The fourth-order valence-corrected chi connectivity index (χ4v) is 3.47. The van der Waals surface area contributed by atoms with Crippen molar-refractivity contribution in [2.45, 2.75) is 19.4 Å². The molecule has 4 rings (SSSR count). The molecule has 0 fully saturated rings. The fourth-order valence-electron chi connectivity index (χ4n) is 2.96. The van der Waals surface area contributed by atoms with Crippen molar-refractivity contribution >= 4 is 16.5 Å². The lowest BCUT2D eigenvalue weighted by Gasteiger charge is -2.14. The lowest BCUT2D eigenvalue weighted by Crippen LogP contribution is -2.05. The molecule has 3 nitrogen and oxygen atoms in total. The Morgan fingerprint density at radius 1 is 1.10 bits per heavy atom. The minimum Gasteiger partial charge on any atom is -0.368 e. The Balaban J connectivity index is 1.64. The van der Waals surface area contributed by atoms with Crippen molar-refractivity contribution in [2.24, 2.45) is 0 Å². The van der Waals surface area contributed by atoms with Crippen LogP contribution in [0.5, 0.6) is 0 Å². The molecule has 1 atom stereocenters. The van der Waals surface area contributed by atoms with Gasteiger partial charge in [-0.1, -0.05) is 47.0 Å². The largest absolute Gasteiger partial charge is 0.368 e. The normalized spacial score (nSPS) is 13.6. The number of rotatable bonds is 3. The predicted molar refractivity (Wildman–Crippen MR) is 86.6 cm³/mol. The fraction of sp³-hybridized carbons (Fsp3) is 0.176. The number of fused-ring (bicyclic) bond motifs is 3. The molecule has 0 aliphatic heterocycles. The van der Waals surface area contributed by atoms with Gasteiger partial charge in [-0.05, 0) is 41.2 Å². The van der Waals surface area contributed by atoms with Crippen LogP contribution >= 0.6 is 11.5 Å². The lowest BCUT2D eigenvalue weighted by atomic mass is 10.0. The molecule has 0 amide bonds. The summed E-state index contributed by atoms with van der Waals surface area (Å²) in [5.74, 6) is 0. The summed E-state index contributed by atoms with van der Waals surface area (Å²) in [6.45, 7) is 2.17. The van der Waals surface area contributed by atoms with E-state index >= 15 is 0 Å². The highest BCUT2D eigenvalue weighted by Gasteiger charge is 2.19. The quantitative estimate of drug-likeness (QED) is 0.612. The van der Waals surface area contributed by atoms with Crippen LogP contribution in [0.1, 0.15) is 29.7 Å². The lowest BCUT2D eigenvalue weighted by molar-refractivity contribution is 0.886. The Morgan fingerprint density at radius 2 is 1.95 bits per heavy atom. The summed E-state index contributed by atoms with van der Waals surface area (Å²) >= 11 is 1.39. The topological polar surface area (TPSA) is 37.8 Å². The van der Waals surface area contributed by atoms with Crippen LogP contribution in [0.2, 0.25) is 0 Å². The van der Waals surface area contributed by atoms with Crippen molar-refractivity contribution < 1.29 is 0 Å². The maximum atomic E-state index is 3.88. The molecule has 0 radical (unpaired) electrons. The minimum absolute atomic E-state index is 0.251. The molecule has 0 saturated heterocycles. The van der Waals surface area contributed by atoms with E-state index in [1.165, 1.54) is 39.3 Å². The monoisotopic (exact) mass is 293 g/mol. The molecule has 2 aromatic carbocycles. The summed E-state index contributed by atoms with van der Waals surface area (Å²) in [6.07, 6.45) is 2.80. The number of aromatic nitrogens is 2. The van der Waals surface area contributed by atoms with Crippen LogP contribution in [0.4, 0.5) is 5.00 Å². The van der Waals surface area contributed by atoms with Gasteiger partial charge in [0.05, 0.1) is 6.20 Å². The standard InChI is InChI=1S/C17H15N3S/c1-11(19-17-10-18-20-21-17)12-6-7-16-14(8-12)9-13-4-2-3-5-15(13)16/h2-8,10-11,19H,9H2,1H3. The van der Waals surface area contributed by atoms with Crippen LogP contribution in [-0.4, -0.2) is 9.59 Å². The molecule has 104 valence electrons. The van der Waals surface area contributed by atoms with Crippen molar-refractivity contribution in [2.75, 3.05) is 5.32 Å². The smallest absolute Gasteiger partial charge is 0.130 e. The number of benzene rings is 2. The third kappa shape index (κ3) is 2.21. The first kappa shape index (κ1) is 12.5. The van der Waals surface area contributed by atoms with E-state index in [-0.39, 0.29) is 6.04 Å². The second-order valence-electron chi connectivity index (χ2n) is 5.40. The van der Waals surface area contributed by atoms with Crippen molar-refractivity contribution in [3.05, 3.63) is 65.4 Å². The minimum atomic E-state index is 0.251. The van der Waals surface area contributed by atoms with Gasteiger partial charge in [0.2, 0.25) is 0 Å². The van der Waals surface area contributed by atoms with Gasteiger partial charge in [0.1, 0.15) is 5.00 Å². The van der Waals surface area contributed by atoms with Crippen LogP contribution < -0.4 is 5.32 Å². The van der Waals surface area contributed by atoms with Gasteiger partial charge >= 0.3 is 0 Å². The first-order valence-corrected chi connectivity index (χ1v) is 7.83. The van der Waals surface area contributed by atoms with Gasteiger partial charge in [-0.25, -0.2) is 0 Å². The summed E-state index contributed by atoms with van der Waals surface area (Å²) in [4.78, 5) is 0. The van der Waals surface area contributed by atoms with E-state index in [9.17, 15) is 0 Å². The van der Waals surface area contributed by atoms with Crippen LogP contribution in [0.25, 0.3) is 11.1 Å². The Bertz CT molecular complexity index is 780. The van der Waals surface area contributed by atoms with Gasteiger partial charge in [-0.3, -0.25) is 0 Å². The van der Waals surface area contributed by atoms with Crippen molar-refractivity contribution in [3.63, 3.8) is 0 Å². The Morgan fingerprint density at radius 3 is 2.81 bits per heavy atom. The summed E-state index contributed by atoms with van der Waals surface area (Å²) in [5.41, 5.74) is 6.91. The molecule has 1 aliphatic rings. The van der Waals surface area contributed by atoms with E-state index in [0.29, 0.717) is 0 Å². The highest BCUT2D eigenvalue weighted by Crippen LogP contribution is 2.37. The molecule has 1 aliphatic carbocycles. The number of nitrogens with one attached hydrogen (secondary N) is 1. The maximum Gasteiger partial charge on any atom is 0.130 e. The zero-order valence-electron chi connectivity index (χ0n) is 11.7. The zero-order valence-corrected chi connectivity index (χ0v) is 12.5.